The minimum absolute atomic E-state index is 0.130. The molecule has 1 N–H and O–H groups in total. The molecule has 1 heterocycles. The van der Waals surface area contributed by atoms with Crippen LogP contribution in [-0.2, 0) is 0 Å². The topological polar surface area (TPSA) is 47.2 Å². The first-order valence-electron chi connectivity index (χ1n) is 8.40. The minimum Gasteiger partial charge on any atom is -0.493 e. The van der Waals surface area contributed by atoms with Crippen LogP contribution in [0.25, 0.3) is 5.69 Å². The van der Waals surface area contributed by atoms with Crippen molar-refractivity contribution in [1.82, 2.24) is 9.13 Å². The molecule has 0 aliphatic rings. The Morgan fingerprint density at radius 3 is 2.07 bits per heavy atom. The lowest BCUT2D eigenvalue weighted by Crippen LogP contribution is -2.26. The molecule has 27 heavy (non-hydrogen) atoms. The van der Waals surface area contributed by atoms with Gasteiger partial charge in [-0.25, -0.2) is 18.1 Å². The molecular formula is C21H18F2N2O2. The second-order valence-electron chi connectivity index (χ2n) is 6.40. The molecule has 0 radical (unpaired) electrons. The van der Waals surface area contributed by atoms with E-state index in [1.807, 2.05) is 18.2 Å². The summed E-state index contributed by atoms with van der Waals surface area (Å²) in [6.45, 7) is 5.00. The summed E-state index contributed by atoms with van der Waals surface area (Å²) in [7, 11) is 0. The van der Waals surface area contributed by atoms with Crippen molar-refractivity contribution in [3.05, 3.63) is 81.4 Å². The molecule has 0 fully saturated rings. The first-order chi connectivity index (χ1) is 12.8. The first-order valence-corrected chi connectivity index (χ1v) is 8.40. The molecule has 0 atom stereocenters. The van der Waals surface area contributed by atoms with Gasteiger partial charge in [0.2, 0.25) is 5.88 Å². The fraction of sp³-hybridized carbons (Fsp3) is 0.190. The SMILES string of the molecule is Cc1c(O)n(-c2c(F)cc(C#Cc3ccccc3)cc2F)c(=O)n1C(C)C. The van der Waals surface area contributed by atoms with E-state index in [-0.39, 0.29) is 17.3 Å². The van der Waals surface area contributed by atoms with Crippen LogP contribution in [0.2, 0.25) is 0 Å². The number of hydrogen-bond acceptors (Lipinski definition) is 2. The van der Waals surface area contributed by atoms with Crippen molar-refractivity contribution in [2.45, 2.75) is 26.8 Å². The zero-order chi connectivity index (χ0) is 19.7. The second kappa shape index (κ2) is 7.12. The Morgan fingerprint density at radius 1 is 1.00 bits per heavy atom. The lowest BCUT2D eigenvalue weighted by molar-refractivity contribution is 0.429. The van der Waals surface area contributed by atoms with Crippen molar-refractivity contribution >= 4 is 0 Å². The van der Waals surface area contributed by atoms with E-state index in [1.165, 1.54) is 11.5 Å². The molecule has 3 aromatic rings. The number of halogens is 2. The third-order valence-electron chi connectivity index (χ3n) is 4.18. The molecule has 0 saturated carbocycles. The summed E-state index contributed by atoms with van der Waals surface area (Å²) in [5.74, 6) is 3.07. The smallest absolute Gasteiger partial charge is 0.336 e. The van der Waals surface area contributed by atoms with Crippen molar-refractivity contribution in [2.24, 2.45) is 0 Å². The highest BCUT2D eigenvalue weighted by Crippen LogP contribution is 2.26. The molecule has 0 unspecified atom stereocenters. The predicted molar refractivity (Wildman–Crippen MR) is 99.2 cm³/mol. The molecule has 0 aliphatic carbocycles. The van der Waals surface area contributed by atoms with Gasteiger partial charge >= 0.3 is 5.69 Å². The average molecular weight is 368 g/mol. The molecule has 2 aromatic carbocycles. The minimum atomic E-state index is -0.981. The van der Waals surface area contributed by atoms with Crippen LogP contribution in [0.3, 0.4) is 0 Å². The van der Waals surface area contributed by atoms with E-state index < -0.39 is 28.9 Å². The van der Waals surface area contributed by atoms with Gasteiger partial charge in [0.25, 0.3) is 0 Å². The number of benzene rings is 2. The first kappa shape index (κ1) is 18.5. The third-order valence-corrected chi connectivity index (χ3v) is 4.18. The van der Waals surface area contributed by atoms with Crippen LogP contribution >= 0.6 is 0 Å². The van der Waals surface area contributed by atoms with E-state index in [0.29, 0.717) is 10.1 Å². The zero-order valence-electron chi connectivity index (χ0n) is 15.1. The molecule has 4 nitrogen and oxygen atoms in total. The van der Waals surface area contributed by atoms with Gasteiger partial charge < -0.3 is 5.11 Å². The highest BCUT2D eigenvalue weighted by molar-refractivity contribution is 5.49. The van der Waals surface area contributed by atoms with Crippen LogP contribution < -0.4 is 5.69 Å². The molecule has 1 aromatic heterocycles. The van der Waals surface area contributed by atoms with E-state index in [0.717, 1.165) is 12.1 Å². The van der Waals surface area contributed by atoms with Crippen LogP contribution in [0, 0.1) is 30.4 Å². The maximum absolute atomic E-state index is 14.6. The van der Waals surface area contributed by atoms with Crippen molar-refractivity contribution in [3.8, 4) is 23.4 Å². The van der Waals surface area contributed by atoms with E-state index in [2.05, 4.69) is 11.8 Å². The molecule has 6 heteroatoms. The Bertz CT molecular complexity index is 1090. The van der Waals surface area contributed by atoms with Crippen LogP contribution in [0.1, 0.15) is 36.7 Å². The lowest BCUT2D eigenvalue weighted by atomic mass is 10.1. The van der Waals surface area contributed by atoms with Crippen molar-refractivity contribution in [3.63, 3.8) is 0 Å². The normalized spacial score (nSPS) is 10.7. The predicted octanol–water partition coefficient (Wildman–Crippen LogP) is 3.91. The molecule has 3 rings (SSSR count). The molecule has 0 saturated heterocycles. The second-order valence-corrected chi connectivity index (χ2v) is 6.40. The summed E-state index contributed by atoms with van der Waals surface area (Å²) in [4.78, 5) is 12.6. The molecular weight excluding hydrogens is 350 g/mol. The number of aromatic hydroxyl groups is 1. The number of aromatic nitrogens is 2. The third kappa shape index (κ3) is 3.36. The highest BCUT2D eigenvalue weighted by atomic mass is 19.1. The number of nitrogens with zero attached hydrogens (tertiary/aromatic N) is 2. The van der Waals surface area contributed by atoms with E-state index in [4.69, 9.17) is 0 Å². The summed E-state index contributed by atoms with van der Waals surface area (Å²) < 4.78 is 31.2. The standard InChI is InChI=1S/C21H18F2N2O2/c1-13(2)24-14(3)20(26)25(21(24)27)19-17(22)11-16(12-18(19)23)10-9-15-7-5-4-6-8-15/h4-8,11-13,26H,1-3H3. The zero-order valence-corrected chi connectivity index (χ0v) is 15.1. The fourth-order valence-corrected chi connectivity index (χ4v) is 2.94. The van der Waals surface area contributed by atoms with Gasteiger partial charge in [0, 0.05) is 17.2 Å². The van der Waals surface area contributed by atoms with Crippen molar-refractivity contribution < 1.29 is 13.9 Å². The van der Waals surface area contributed by atoms with Gasteiger partial charge in [-0.1, -0.05) is 30.0 Å². The number of imidazole rings is 1. The summed E-state index contributed by atoms with van der Waals surface area (Å²) in [5.41, 5.74) is -0.251. The fourth-order valence-electron chi connectivity index (χ4n) is 2.94. The van der Waals surface area contributed by atoms with Gasteiger partial charge in [-0.2, -0.15) is 0 Å². The van der Waals surface area contributed by atoms with Gasteiger partial charge in [-0.15, -0.1) is 0 Å². The van der Waals surface area contributed by atoms with Gasteiger partial charge in [0.1, 0.15) is 5.69 Å². The van der Waals surface area contributed by atoms with Gasteiger partial charge in [-0.05, 0) is 45.0 Å². The van der Waals surface area contributed by atoms with Crippen LogP contribution in [0.15, 0.2) is 47.3 Å². The van der Waals surface area contributed by atoms with Gasteiger partial charge in [0.15, 0.2) is 11.6 Å². The van der Waals surface area contributed by atoms with Gasteiger partial charge in [0.05, 0.1) is 5.69 Å². The van der Waals surface area contributed by atoms with Gasteiger partial charge in [-0.3, -0.25) is 4.57 Å². The summed E-state index contributed by atoms with van der Waals surface area (Å²) >= 11 is 0. The summed E-state index contributed by atoms with van der Waals surface area (Å²) in [6, 6.07) is 10.8. The molecule has 138 valence electrons. The van der Waals surface area contributed by atoms with Crippen LogP contribution in [0.5, 0.6) is 5.88 Å². The van der Waals surface area contributed by atoms with Crippen molar-refractivity contribution in [2.75, 3.05) is 0 Å². The molecule has 0 bridgehead atoms. The molecule has 0 aliphatic heterocycles. The Hall–Kier alpha value is -3.33. The Labute approximate surface area is 155 Å². The molecule has 0 amide bonds. The van der Waals surface area contributed by atoms with Crippen molar-refractivity contribution in [1.29, 1.82) is 0 Å². The monoisotopic (exact) mass is 368 g/mol. The maximum Gasteiger partial charge on any atom is 0.336 e. The van der Waals surface area contributed by atoms with E-state index >= 15 is 0 Å². The molecule has 0 spiro atoms. The summed E-state index contributed by atoms with van der Waals surface area (Å²) in [6.07, 6.45) is 0. The van der Waals surface area contributed by atoms with E-state index in [9.17, 15) is 18.7 Å². The maximum atomic E-state index is 14.6. The Morgan fingerprint density at radius 2 is 1.56 bits per heavy atom. The van der Waals surface area contributed by atoms with Crippen LogP contribution in [-0.4, -0.2) is 14.2 Å². The number of rotatable bonds is 2. The summed E-state index contributed by atoms with van der Waals surface area (Å²) in [5, 5.41) is 10.3. The largest absolute Gasteiger partial charge is 0.493 e. The lowest BCUT2D eigenvalue weighted by Gasteiger charge is -2.08. The highest BCUT2D eigenvalue weighted by Gasteiger charge is 2.24. The average Bonchev–Trinajstić information content (AvgIpc) is 2.84. The number of hydrogen-bond donors (Lipinski definition) is 1. The Kier molecular flexibility index (Phi) is 4.87. The Balaban J connectivity index is 2.12. The van der Waals surface area contributed by atoms with Crippen LogP contribution in [0.4, 0.5) is 8.78 Å². The van der Waals surface area contributed by atoms with E-state index in [1.54, 1.807) is 26.0 Å². The quantitative estimate of drug-likeness (QED) is 0.697.